The molecule has 0 radical (unpaired) electrons. The topological polar surface area (TPSA) is 24.9 Å². The minimum Gasteiger partial charge on any atom is -0.380 e. The summed E-state index contributed by atoms with van der Waals surface area (Å²) in [6.45, 7) is 2.16. The van der Waals surface area contributed by atoms with E-state index >= 15 is 0 Å². The van der Waals surface area contributed by atoms with Gasteiger partial charge in [0.1, 0.15) is 0 Å². The molecule has 2 heteroatoms. The second kappa shape index (κ2) is 10.7. The maximum absolute atomic E-state index is 4.16. The van der Waals surface area contributed by atoms with Crippen molar-refractivity contribution in [1.82, 2.24) is 10.3 Å². The van der Waals surface area contributed by atoms with Gasteiger partial charge in [0.2, 0.25) is 0 Å². The van der Waals surface area contributed by atoms with Crippen molar-refractivity contribution in [3.05, 3.63) is 183 Å². The number of nitrogens with zero attached hydrogens (tertiary/aromatic N) is 1. The predicted octanol–water partition coefficient (Wildman–Crippen LogP) is 7.38. The van der Waals surface area contributed by atoms with E-state index in [2.05, 4.69) is 145 Å². The molecule has 3 aromatic carbocycles. The van der Waals surface area contributed by atoms with Crippen LogP contribution < -0.4 is 15.8 Å². The van der Waals surface area contributed by atoms with Gasteiger partial charge in [0.15, 0.2) is 0 Å². The number of aromatic nitrogens is 1. The summed E-state index contributed by atoms with van der Waals surface area (Å²) < 4.78 is 0. The summed E-state index contributed by atoms with van der Waals surface area (Å²) in [4.78, 5) is 4.16. The van der Waals surface area contributed by atoms with Gasteiger partial charge < -0.3 is 5.32 Å². The Morgan fingerprint density at radius 3 is 2.19 bits per heavy atom. The van der Waals surface area contributed by atoms with Gasteiger partial charge in [-0.2, -0.15) is 0 Å². The maximum atomic E-state index is 4.16. The number of hydrogen-bond acceptors (Lipinski definition) is 2. The van der Waals surface area contributed by atoms with Crippen molar-refractivity contribution in [1.29, 1.82) is 0 Å². The molecule has 1 aromatic heterocycles. The SMILES string of the molecule is Cc1ccc(C2=c3ccccc3=C(C3=Cc4cc(C5=CNC(c6ccncc6)C=C5)ccc4CC3)C3C=CC=CC23)cc1. The fourth-order valence-electron chi connectivity index (χ4n) is 7.26. The number of dihydropyridines is 1. The van der Waals surface area contributed by atoms with Crippen LogP contribution in [0.3, 0.4) is 0 Å². The Bertz CT molecular complexity index is 2000. The fraction of sp³-hybridized carbons (Fsp3) is 0.146. The van der Waals surface area contributed by atoms with Crippen LogP contribution in [-0.2, 0) is 6.42 Å². The zero-order valence-corrected chi connectivity index (χ0v) is 24.4. The van der Waals surface area contributed by atoms with E-state index < -0.39 is 0 Å². The lowest BCUT2D eigenvalue weighted by Crippen LogP contribution is -2.40. The van der Waals surface area contributed by atoms with Gasteiger partial charge in [-0.1, -0.05) is 109 Å². The molecule has 4 aliphatic rings. The molecule has 1 aliphatic heterocycles. The van der Waals surface area contributed by atoms with Gasteiger partial charge >= 0.3 is 0 Å². The van der Waals surface area contributed by atoms with Crippen molar-refractivity contribution < 1.29 is 0 Å². The Morgan fingerprint density at radius 1 is 0.721 bits per heavy atom. The monoisotopic (exact) mass is 554 g/mol. The summed E-state index contributed by atoms with van der Waals surface area (Å²) in [6, 6.07) is 29.5. The third kappa shape index (κ3) is 4.64. The molecule has 0 spiro atoms. The van der Waals surface area contributed by atoms with Gasteiger partial charge in [0, 0.05) is 30.4 Å². The third-order valence-corrected chi connectivity index (χ3v) is 9.44. The first-order chi connectivity index (χ1) is 21.2. The van der Waals surface area contributed by atoms with Crippen molar-refractivity contribution in [3.63, 3.8) is 0 Å². The number of fused-ring (bicyclic) bond motifs is 3. The molecular weight excluding hydrogens is 520 g/mol. The van der Waals surface area contributed by atoms with Crippen LogP contribution in [0.1, 0.15) is 45.8 Å². The summed E-state index contributed by atoms with van der Waals surface area (Å²) in [5, 5.41) is 6.33. The smallest absolute Gasteiger partial charge is 0.0697 e. The minimum atomic E-state index is 0.172. The normalized spacial score (nSPS) is 21.7. The maximum Gasteiger partial charge on any atom is 0.0697 e. The Morgan fingerprint density at radius 2 is 1.44 bits per heavy atom. The zero-order valence-electron chi connectivity index (χ0n) is 24.4. The summed E-state index contributed by atoms with van der Waals surface area (Å²) in [5.41, 5.74) is 13.5. The molecule has 2 heterocycles. The molecule has 43 heavy (non-hydrogen) atoms. The Balaban J connectivity index is 1.22. The molecular formula is C41H34N2. The van der Waals surface area contributed by atoms with Crippen molar-refractivity contribution in [2.45, 2.75) is 25.8 Å². The molecule has 0 amide bonds. The highest BCUT2D eigenvalue weighted by molar-refractivity contribution is 5.86. The van der Waals surface area contributed by atoms with Gasteiger partial charge in [0.25, 0.3) is 0 Å². The quantitative estimate of drug-likeness (QED) is 0.285. The Labute approximate surface area is 253 Å². The van der Waals surface area contributed by atoms with Crippen LogP contribution in [0.5, 0.6) is 0 Å². The van der Waals surface area contributed by atoms with Crippen molar-refractivity contribution in [2.24, 2.45) is 11.8 Å². The van der Waals surface area contributed by atoms with Gasteiger partial charge in [-0.05, 0) is 98.5 Å². The fourth-order valence-corrected chi connectivity index (χ4v) is 7.26. The van der Waals surface area contributed by atoms with E-state index in [1.165, 1.54) is 66.1 Å². The first-order valence-corrected chi connectivity index (χ1v) is 15.4. The van der Waals surface area contributed by atoms with Crippen LogP contribution in [-0.4, -0.2) is 4.98 Å². The first kappa shape index (κ1) is 25.7. The summed E-state index contributed by atoms with van der Waals surface area (Å²) in [5.74, 6) is 0.647. The van der Waals surface area contributed by atoms with Crippen LogP contribution in [0, 0.1) is 18.8 Å². The Kier molecular flexibility index (Phi) is 6.41. The average molecular weight is 555 g/mol. The van der Waals surface area contributed by atoms with E-state index in [1.54, 1.807) is 0 Å². The molecule has 0 bridgehead atoms. The van der Waals surface area contributed by atoms with E-state index in [0.717, 1.165) is 12.8 Å². The lowest BCUT2D eigenvalue weighted by Gasteiger charge is -2.35. The summed E-state index contributed by atoms with van der Waals surface area (Å²) in [6.07, 6.45) is 24.3. The molecule has 0 saturated carbocycles. The number of aryl methyl sites for hydroxylation is 2. The largest absolute Gasteiger partial charge is 0.380 e. The zero-order chi connectivity index (χ0) is 28.8. The van der Waals surface area contributed by atoms with Gasteiger partial charge in [-0.15, -0.1) is 0 Å². The van der Waals surface area contributed by atoms with Gasteiger partial charge in [-0.25, -0.2) is 0 Å². The molecule has 0 saturated heterocycles. The molecule has 1 N–H and O–H groups in total. The molecule has 3 unspecified atom stereocenters. The summed E-state index contributed by atoms with van der Waals surface area (Å²) in [7, 11) is 0. The second-order valence-corrected chi connectivity index (χ2v) is 12.0. The first-order valence-electron chi connectivity index (χ1n) is 15.4. The lowest BCUT2D eigenvalue weighted by atomic mass is 9.68. The predicted molar refractivity (Wildman–Crippen MR) is 178 cm³/mol. The van der Waals surface area contributed by atoms with Crippen molar-refractivity contribution in [3.8, 4) is 0 Å². The minimum absolute atomic E-state index is 0.172. The number of rotatable bonds is 4. The number of pyridine rings is 1. The van der Waals surface area contributed by atoms with Crippen molar-refractivity contribution >= 4 is 22.8 Å². The molecule has 4 aromatic rings. The molecule has 2 nitrogen and oxygen atoms in total. The molecule has 3 aliphatic carbocycles. The second-order valence-electron chi connectivity index (χ2n) is 12.0. The van der Waals surface area contributed by atoms with Crippen molar-refractivity contribution in [2.75, 3.05) is 0 Å². The number of hydrogen-bond donors (Lipinski definition) is 1. The van der Waals surface area contributed by atoms with Crippen LogP contribution in [0.4, 0.5) is 0 Å². The van der Waals surface area contributed by atoms with E-state index in [1.807, 2.05) is 12.4 Å². The van der Waals surface area contributed by atoms with E-state index in [0.29, 0.717) is 11.8 Å². The number of allylic oxidation sites excluding steroid dienone is 7. The van der Waals surface area contributed by atoms with E-state index in [-0.39, 0.29) is 6.04 Å². The molecule has 8 rings (SSSR count). The van der Waals surface area contributed by atoms with Gasteiger partial charge in [0.05, 0.1) is 6.04 Å². The van der Waals surface area contributed by atoms with E-state index in [4.69, 9.17) is 0 Å². The lowest BCUT2D eigenvalue weighted by molar-refractivity contribution is 0.679. The average Bonchev–Trinajstić information content (AvgIpc) is 3.07. The van der Waals surface area contributed by atoms with Crippen LogP contribution >= 0.6 is 0 Å². The van der Waals surface area contributed by atoms with Crippen LogP contribution in [0.15, 0.2) is 139 Å². The van der Waals surface area contributed by atoms with Crippen LogP contribution in [0.25, 0.3) is 22.8 Å². The molecule has 208 valence electrons. The Hall–Kier alpha value is -4.95. The van der Waals surface area contributed by atoms with E-state index in [9.17, 15) is 0 Å². The molecule has 3 atom stereocenters. The molecule has 0 fully saturated rings. The third-order valence-electron chi connectivity index (χ3n) is 9.44. The standard InChI is InChI=1S/C41H34N2/c1-27-10-12-30(13-11-27)40-35-6-2-4-8-37(35)41(38-9-5-3-7-36(38)40)32-17-15-28-14-16-31(24-34(28)25-32)33-18-19-39(43-26-33)29-20-22-42-23-21-29/h2-14,16,18-26,35,37,39,43H,15,17H2,1H3. The van der Waals surface area contributed by atoms with Crippen LogP contribution in [0.2, 0.25) is 0 Å². The van der Waals surface area contributed by atoms with Gasteiger partial charge in [-0.3, -0.25) is 4.98 Å². The highest BCUT2D eigenvalue weighted by Crippen LogP contribution is 2.43. The highest BCUT2D eigenvalue weighted by Gasteiger charge is 2.33. The summed E-state index contributed by atoms with van der Waals surface area (Å²) >= 11 is 0. The number of benzene rings is 3. The number of nitrogens with one attached hydrogen (secondary N) is 1. The highest BCUT2D eigenvalue weighted by atomic mass is 14.9.